The van der Waals surface area contributed by atoms with Crippen LogP contribution in [0.4, 0.5) is 6.01 Å². The maximum Gasteiger partial charge on any atom is 0.311 e. The fraction of sp³-hybridized carbons (Fsp3) is 0.450. The molecule has 4 N–H and O–H groups in total. The third-order valence-corrected chi connectivity index (χ3v) is 5.96. The zero-order valence-corrected chi connectivity index (χ0v) is 19.0. The van der Waals surface area contributed by atoms with Crippen molar-refractivity contribution in [1.82, 2.24) is 15.6 Å². The molecule has 0 aliphatic heterocycles. The van der Waals surface area contributed by atoms with Gasteiger partial charge in [-0.15, -0.1) is 0 Å². The Balaban J connectivity index is 2.23. The Bertz CT molecular complexity index is 1030. The van der Waals surface area contributed by atoms with Gasteiger partial charge in [0.05, 0.1) is 18.3 Å². The molecule has 1 heterocycles. The second kappa shape index (κ2) is 10.6. The van der Waals surface area contributed by atoms with Crippen LogP contribution in [0.15, 0.2) is 41.0 Å². The molecule has 1 aromatic carbocycles. The summed E-state index contributed by atoms with van der Waals surface area (Å²) < 4.78 is 29.1. The average molecular weight is 469 g/mol. The number of hydrogen-bond donors (Lipinski definition) is 4. The van der Waals surface area contributed by atoms with Crippen molar-refractivity contribution in [2.45, 2.75) is 44.6 Å². The van der Waals surface area contributed by atoms with Gasteiger partial charge in [-0.1, -0.05) is 30.3 Å². The lowest BCUT2D eigenvalue weighted by molar-refractivity contribution is -0.121. The molecule has 0 aliphatic rings. The van der Waals surface area contributed by atoms with Crippen LogP contribution in [-0.4, -0.2) is 73.0 Å². The third kappa shape index (κ3) is 6.77. The SMILES string of the molecule is CC(=O)NC(C)C(O)C(O)C(Cc1ccccc1)NC(=O)c1coc(N(C)S(C)(=O)=O)n1. The van der Waals surface area contributed by atoms with Crippen LogP contribution in [0, 0.1) is 0 Å². The number of sulfonamides is 1. The van der Waals surface area contributed by atoms with Gasteiger partial charge in [0.15, 0.2) is 5.69 Å². The van der Waals surface area contributed by atoms with Crippen LogP contribution >= 0.6 is 0 Å². The normalized spacial score (nSPS) is 15.3. The Morgan fingerprint density at radius 3 is 2.34 bits per heavy atom. The summed E-state index contributed by atoms with van der Waals surface area (Å²) in [5, 5.41) is 26.4. The van der Waals surface area contributed by atoms with Crippen LogP contribution in [0.5, 0.6) is 0 Å². The summed E-state index contributed by atoms with van der Waals surface area (Å²) in [6.45, 7) is 2.82. The van der Waals surface area contributed by atoms with Gasteiger partial charge in [-0.3, -0.25) is 9.59 Å². The molecule has 2 amide bonds. The van der Waals surface area contributed by atoms with E-state index in [-0.39, 0.29) is 24.0 Å². The van der Waals surface area contributed by atoms with Crippen molar-refractivity contribution in [3.8, 4) is 0 Å². The van der Waals surface area contributed by atoms with Crippen LogP contribution in [0.1, 0.15) is 29.9 Å². The number of aliphatic hydroxyl groups excluding tert-OH is 2. The molecule has 4 atom stereocenters. The number of hydrogen-bond acceptors (Lipinski definition) is 8. The summed E-state index contributed by atoms with van der Waals surface area (Å²) in [7, 11) is -2.41. The van der Waals surface area contributed by atoms with Crippen LogP contribution in [0.25, 0.3) is 0 Å². The highest BCUT2D eigenvalue weighted by Crippen LogP contribution is 2.16. The standard InChI is InChI=1S/C20H28N4O7S/c1-12(21-13(2)25)17(26)18(27)15(10-14-8-6-5-7-9-14)22-19(28)16-11-31-20(23-16)24(3)32(4,29)30/h5-9,11-12,15,17-18,26-27H,10H2,1-4H3,(H,21,25)(H,22,28). The number of rotatable bonds is 10. The van der Waals surface area contributed by atoms with Gasteiger partial charge in [0, 0.05) is 14.0 Å². The van der Waals surface area contributed by atoms with Gasteiger partial charge in [0.2, 0.25) is 15.9 Å². The largest absolute Gasteiger partial charge is 0.430 e. The first-order valence-corrected chi connectivity index (χ1v) is 11.6. The van der Waals surface area contributed by atoms with Gasteiger partial charge in [0.25, 0.3) is 5.91 Å². The first kappa shape index (κ1) is 25.3. The predicted octanol–water partition coefficient (Wildman–Crippen LogP) is -0.342. The number of nitrogens with one attached hydrogen (secondary N) is 2. The summed E-state index contributed by atoms with van der Waals surface area (Å²) in [4.78, 5) is 27.9. The molecule has 0 spiro atoms. The van der Waals surface area contributed by atoms with E-state index in [1.54, 1.807) is 24.3 Å². The summed E-state index contributed by atoms with van der Waals surface area (Å²) in [5.41, 5.74) is 0.582. The first-order chi connectivity index (χ1) is 14.9. The maximum atomic E-state index is 12.7. The molecule has 0 saturated carbocycles. The fourth-order valence-corrected chi connectivity index (χ4v) is 3.33. The Morgan fingerprint density at radius 2 is 1.78 bits per heavy atom. The van der Waals surface area contributed by atoms with E-state index in [1.165, 1.54) is 20.9 Å². The molecule has 2 rings (SSSR count). The van der Waals surface area contributed by atoms with E-state index in [4.69, 9.17) is 4.42 Å². The number of carbonyl (C=O) groups excluding carboxylic acids is 2. The van der Waals surface area contributed by atoms with E-state index in [1.807, 2.05) is 6.07 Å². The molecule has 12 heteroatoms. The number of oxazole rings is 1. The van der Waals surface area contributed by atoms with Gasteiger partial charge in [-0.25, -0.2) is 12.7 Å². The van der Waals surface area contributed by atoms with E-state index in [9.17, 15) is 28.2 Å². The van der Waals surface area contributed by atoms with Crippen LogP contribution in [0.2, 0.25) is 0 Å². The van der Waals surface area contributed by atoms with Crippen LogP contribution in [-0.2, 0) is 21.2 Å². The molecule has 11 nitrogen and oxygen atoms in total. The lowest BCUT2D eigenvalue weighted by Crippen LogP contribution is -2.55. The Morgan fingerprint density at radius 1 is 1.16 bits per heavy atom. The lowest BCUT2D eigenvalue weighted by Gasteiger charge is -2.31. The molecule has 176 valence electrons. The van der Waals surface area contributed by atoms with E-state index in [2.05, 4.69) is 15.6 Å². The Kier molecular flexibility index (Phi) is 8.36. The molecule has 1 aromatic heterocycles. The minimum Gasteiger partial charge on any atom is -0.430 e. The van der Waals surface area contributed by atoms with Crippen molar-refractivity contribution in [2.24, 2.45) is 0 Å². The van der Waals surface area contributed by atoms with Crippen molar-refractivity contribution >= 4 is 27.9 Å². The minimum absolute atomic E-state index is 0.172. The number of anilines is 1. The molecule has 32 heavy (non-hydrogen) atoms. The summed E-state index contributed by atoms with van der Waals surface area (Å²) in [5.74, 6) is -1.11. The number of amides is 2. The van der Waals surface area contributed by atoms with E-state index in [0.29, 0.717) is 0 Å². The number of aromatic nitrogens is 1. The number of nitrogens with zero attached hydrogens (tertiary/aromatic N) is 2. The summed E-state index contributed by atoms with van der Waals surface area (Å²) in [6, 6.07) is 6.97. The molecular formula is C20H28N4O7S. The van der Waals surface area contributed by atoms with Gasteiger partial charge in [-0.05, 0) is 18.9 Å². The zero-order chi connectivity index (χ0) is 24.1. The van der Waals surface area contributed by atoms with Crippen molar-refractivity contribution in [3.05, 3.63) is 47.9 Å². The Labute approximate surface area is 186 Å². The lowest BCUT2D eigenvalue weighted by atomic mass is 9.94. The number of carbonyl (C=O) groups is 2. The Hall–Kier alpha value is -2.96. The molecule has 2 aromatic rings. The van der Waals surface area contributed by atoms with E-state index < -0.39 is 40.2 Å². The fourth-order valence-electron chi connectivity index (χ4n) is 2.96. The van der Waals surface area contributed by atoms with Crippen molar-refractivity contribution in [2.75, 3.05) is 17.6 Å². The highest BCUT2D eigenvalue weighted by molar-refractivity contribution is 7.92. The highest BCUT2D eigenvalue weighted by Gasteiger charge is 2.32. The minimum atomic E-state index is -3.64. The molecular weight excluding hydrogens is 440 g/mol. The molecule has 4 unspecified atom stereocenters. The molecule has 0 bridgehead atoms. The second-order valence-electron chi connectivity index (χ2n) is 7.49. The van der Waals surface area contributed by atoms with Gasteiger partial charge >= 0.3 is 6.01 Å². The van der Waals surface area contributed by atoms with Crippen molar-refractivity contribution in [1.29, 1.82) is 0 Å². The molecule has 0 fully saturated rings. The van der Waals surface area contributed by atoms with Gasteiger partial charge < -0.3 is 25.3 Å². The van der Waals surface area contributed by atoms with E-state index >= 15 is 0 Å². The quantitative estimate of drug-likeness (QED) is 0.368. The zero-order valence-electron chi connectivity index (χ0n) is 18.2. The maximum absolute atomic E-state index is 12.7. The summed E-state index contributed by atoms with van der Waals surface area (Å²) >= 11 is 0. The monoisotopic (exact) mass is 468 g/mol. The highest BCUT2D eigenvalue weighted by atomic mass is 32.2. The second-order valence-corrected chi connectivity index (χ2v) is 9.50. The van der Waals surface area contributed by atoms with Gasteiger partial charge in [-0.2, -0.15) is 4.98 Å². The van der Waals surface area contributed by atoms with Crippen LogP contribution in [0.3, 0.4) is 0 Å². The smallest absolute Gasteiger partial charge is 0.311 e. The first-order valence-electron chi connectivity index (χ1n) is 9.77. The average Bonchev–Trinajstić information content (AvgIpc) is 3.21. The predicted molar refractivity (Wildman–Crippen MR) is 116 cm³/mol. The van der Waals surface area contributed by atoms with E-state index in [0.717, 1.165) is 22.4 Å². The van der Waals surface area contributed by atoms with Gasteiger partial charge in [0.1, 0.15) is 18.5 Å². The topological polar surface area (TPSA) is 162 Å². The van der Waals surface area contributed by atoms with Crippen LogP contribution < -0.4 is 14.9 Å². The van der Waals surface area contributed by atoms with Crippen molar-refractivity contribution < 1.29 is 32.6 Å². The number of benzene rings is 1. The molecule has 0 aliphatic carbocycles. The van der Waals surface area contributed by atoms with Crippen molar-refractivity contribution in [3.63, 3.8) is 0 Å². The molecule has 0 radical (unpaired) electrons. The summed E-state index contributed by atoms with van der Waals surface area (Å²) in [6.07, 6.45) is -0.690. The third-order valence-electron chi connectivity index (χ3n) is 4.81. The number of aliphatic hydroxyl groups is 2. The molecule has 0 saturated heterocycles.